The highest BCUT2D eigenvalue weighted by Crippen LogP contribution is 2.37. The van der Waals surface area contributed by atoms with E-state index in [2.05, 4.69) is 55.6 Å². The fourth-order valence-corrected chi connectivity index (χ4v) is 4.85. The molecule has 0 radical (unpaired) electrons. The molecule has 1 aromatic heterocycles. The van der Waals surface area contributed by atoms with Gasteiger partial charge in [0.25, 0.3) is 0 Å². The van der Waals surface area contributed by atoms with Gasteiger partial charge < -0.3 is 4.90 Å². The largest absolute Gasteiger partial charge is 0.361 e. The zero-order valence-corrected chi connectivity index (χ0v) is 13.6. The zero-order valence-electron chi connectivity index (χ0n) is 10.3. The number of thiol groups is 1. The fourth-order valence-electron chi connectivity index (χ4n) is 1.78. The minimum atomic E-state index is 0.402. The Kier molecular flexibility index (Phi) is 4.84. The summed E-state index contributed by atoms with van der Waals surface area (Å²) in [6.45, 7) is 5.25. The van der Waals surface area contributed by atoms with Crippen molar-refractivity contribution in [1.29, 1.82) is 0 Å². The van der Waals surface area contributed by atoms with Crippen LogP contribution in [0.2, 0.25) is 0 Å². The lowest BCUT2D eigenvalue weighted by Crippen LogP contribution is -2.30. The first kappa shape index (κ1) is 14.1. The van der Waals surface area contributed by atoms with Crippen molar-refractivity contribution >= 4 is 51.2 Å². The highest BCUT2D eigenvalue weighted by atomic mass is 32.9. The molecule has 5 heteroatoms. The fraction of sp³-hybridized carbons (Fsp3) is 0.308. The lowest BCUT2D eigenvalue weighted by Gasteiger charge is -2.28. The van der Waals surface area contributed by atoms with Gasteiger partial charge in [-0.2, -0.15) is 0 Å². The van der Waals surface area contributed by atoms with Crippen LogP contribution in [-0.2, 0) is 6.54 Å². The lowest BCUT2D eigenvalue weighted by molar-refractivity contribution is 0.679. The van der Waals surface area contributed by atoms with Crippen LogP contribution in [-0.4, -0.2) is 6.04 Å². The average molecular weight is 314 g/mol. The minimum absolute atomic E-state index is 0.402. The molecule has 0 amide bonds. The normalized spacial score (nSPS) is 10.9. The molecule has 0 saturated carbocycles. The molecular formula is C13H15NS4. The second-order valence-electron chi connectivity index (χ2n) is 4.32. The molecular weight excluding hydrogens is 298 g/mol. The van der Waals surface area contributed by atoms with Crippen molar-refractivity contribution in [2.75, 3.05) is 4.90 Å². The van der Waals surface area contributed by atoms with E-state index in [0.717, 1.165) is 20.3 Å². The smallest absolute Gasteiger partial charge is 0.126 e. The number of anilines is 1. The molecule has 2 aromatic rings. The molecule has 0 aliphatic rings. The monoisotopic (exact) mass is 313 g/mol. The van der Waals surface area contributed by atoms with E-state index < -0.39 is 0 Å². The van der Waals surface area contributed by atoms with E-state index in [1.165, 1.54) is 5.56 Å². The van der Waals surface area contributed by atoms with Crippen LogP contribution >= 0.6 is 45.5 Å². The van der Waals surface area contributed by atoms with E-state index >= 15 is 0 Å². The summed E-state index contributed by atoms with van der Waals surface area (Å²) >= 11 is 9.96. The van der Waals surface area contributed by atoms with Gasteiger partial charge in [-0.05, 0) is 19.4 Å². The van der Waals surface area contributed by atoms with Crippen LogP contribution in [0.5, 0.6) is 0 Å². The van der Waals surface area contributed by atoms with Gasteiger partial charge in [0, 0.05) is 12.6 Å². The molecule has 0 unspecified atom stereocenters. The van der Waals surface area contributed by atoms with Crippen molar-refractivity contribution in [2.45, 2.75) is 30.6 Å². The number of hydrogen-bond donors (Lipinski definition) is 1. The Morgan fingerprint density at radius 1 is 1.22 bits per heavy atom. The third-order valence-electron chi connectivity index (χ3n) is 2.70. The maximum Gasteiger partial charge on any atom is 0.126 e. The number of hydrogen-bond acceptors (Lipinski definition) is 5. The van der Waals surface area contributed by atoms with Crippen LogP contribution in [0.4, 0.5) is 5.69 Å². The van der Waals surface area contributed by atoms with Crippen LogP contribution < -0.4 is 4.90 Å². The standard InChI is InChI=1S/C13H15NS4/c1-9(2)14(8-10-6-4-3-5-7-10)11-12(15)17-18-13(11)16/h3-7,9,15H,8H2,1-2H3. The van der Waals surface area contributed by atoms with Gasteiger partial charge in [-0.25, -0.2) is 0 Å². The first-order valence-electron chi connectivity index (χ1n) is 5.72. The van der Waals surface area contributed by atoms with Gasteiger partial charge in [0.2, 0.25) is 0 Å². The number of nitrogens with zero attached hydrogens (tertiary/aromatic N) is 1. The molecule has 0 bridgehead atoms. The Hall–Kier alpha value is -0.360. The zero-order chi connectivity index (χ0) is 13.1. The van der Waals surface area contributed by atoms with E-state index in [9.17, 15) is 0 Å². The predicted octanol–water partition coefficient (Wildman–Crippen LogP) is 5.24. The van der Waals surface area contributed by atoms with E-state index in [4.69, 9.17) is 12.2 Å². The van der Waals surface area contributed by atoms with Crippen molar-refractivity contribution in [2.24, 2.45) is 0 Å². The quantitative estimate of drug-likeness (QED) is 0.467. The van der Waals surface area contributed by atoms with Gasteiger partial charge in [-0.1, -0.05) is 63.2 Å². The summed E-state index contributed by atoms with van der Waals surface area (Å²) in [5, 5.41) is 0. The summed E-state index contributed by atoms with van der Waals surface area (Å²) in [6, 6.07) is 10.9. The summed E-state index contributed by atoms with van der Waals surface area (Å²) < 4.78 is 1.96. The molecule has 0 spiro atoms. The third kappa shape index (κ3) is 3.15. The Morgan fingerprint density at radius 3 is 2.39 bits per heavy atom. The van der Waals surface area contributed by atoms with E-state index in [0.29, 0.717) is 6.04 Å². The Bertz CT molecular complexity index is 556. The minimum Gasteiger partial charge on any atom is -0.361 e. The van der Waals surface area contributed by atoms with Gasteiger partial charge in [-0.15, -0.1) is 12.6 Å². The maximum atomic E-state index is 5.42. The highest BCUT2D eigenvalue weighted by Gasteiger charge is 2.17. The van der Waals surface area contributed by atoms with Gasteiger partial charge in [0.1, 0.15) is 3.82 Å². The summed E-state index contributed by atoms with van der Waals surface area (Å²) in [5.41, 5.74) is 2.41. The van der Waals surface area contributed by atoms with Gasteiger partial charge in [0.05, 0.1) is 9.90 Å². The predicted molar refractivity (Wildman–Crippen MR) is 88.0 cm³/mol. The van der Waals surface area contributed by atoms with Gasteiger partial charge >= 0.3 is 0 Å². The molecule has 2 rings (SSSR count). The van der Waals surface area contributed by atoms with Gasteiger partial charge in [-0.3, -0.25) is 0 Å². The van der Waals surface area contributed by atoms with Crippen LogP contribution in [0.15, 0.2) is 34.5 Å². The molecule has 0 N–H and O–H groups in total. The lowest BCUT2D eigenvalue weighted by atomic mass is 10.2. The van der Waals surface area contributed by atoms with E-state index in [-0.39, 0.29) is 0 Å². The topological polar surface area (TPSA) is 3.24 Å². The van der Waals surface area contributed by atoms with Crippen LogP contribution in [0.3, 0.4) is 0 Å². The van der Waals surface area contributed by atoms with E-state index in [1.807, 2.05) is 6.07 Å². The second kappa shape index (κ2) is 6.19. The Balaban J connectivity index is 2.33. The van der Waals surface area contributed by atoms with Crippen molar-refractivity contribution in [3.8, 4) is 0 Å². The van der Waals surface area contributed by atoms with Crippen LogP contribution in [0, 0.1) is 3.82 Å². The first-order valence-corrected chi connectivity index (χ1v) is 8.72. The molecule has 18 heavy (non-hydrogen) atoms. The Labute approximate surface area is 126 Å². The van der Waals surface area contributed by atoms with Gasteiger partial charge in [0.15, 0.2) is 0 Å². The van der Waals surface area contributed by atoms with Crippen molar-refractivity contribution in [3.63, 3.8) is 0 Å². The summed E-state index contributed by atoms with van der Waals surface area (Å²) in [6.07, 6.45) is 0. The molecule has 0 aliphatic heterocycles. The van der Waals surface area contributed by atoms with Crippen molar-refractivity contribution < 1.29 is 0 Å². The number of rotatable bonds is 4. The highest BCUT2D eigenvalue weighted by molar-refractivity contribution is 7.88. The summed E-state index contributed by atoms with van der Waals surface area (Å²) in [4.78, 5) is 2.33. The molecule has 1 aromatic carbocycles. The molecule has 1 nitrogen and oxygen atoms in total. The van der Waals surface area contributed by atoms with Crippen molar-refractivity contribution in [1.82, 2.24) is 0 Å². The molecule has 0 atom stereocenters. The summed E-state index contributed by atoms with van der Waals surface area (Å²) in [7, 11) is 3.27. The molecule has 0 fully saturated rings. The average Bonchev–Trinajstić information content (AvgIpc) is 2.67. The third-order valence-corrected chi connectivity index (χ3v) is 6.34. The molecule has 0 saturated heterocycles. The molecule has 0 aliphatic carbocycles. The van der Waals surface area contributed by atoms with Crippen molar-refractivity contribution in [3.05, 3.63) is 39.7 Å². The second-order valence-corrected chi connectivity index (χ2v) is 7.88. The first-order chi connectivity index (χ1) is 8.59. The number of benzene rings is 1. The summed E-state index contributed by atoms with van der Waals surface area (Å²) in [5.74, 6) is 0. The SMILES string of the molecule is CC(C)N(Cc1ccccc1)c1c(S)ssc1=S. The van der Waals surface area contributed by atoms with Crippen LogP contribution in [0.25, 0.3) is 0 Å². The molecule has 96 valence electrons. The maximum absolute atomic E-state index is 5.42. The van der Waals surface area contributed by atoms with Crippen LogP contribution in [0.1, 0.15) is 19.4 Å². The molecule has 1 heterocycles. The van der Waals surface area contributed by atoms with E-state index in [1.54, 1.807) is 20.7 Å². The Morgan fingerprint density at radius 2 is 1.89 bits per heavy atom.